The lowest BCUT2D eigenvalue weighted by Crippen LogP contribution is -2.39. The number of hydrogen-bond acceptors (Lipinski definition) is 5. The number of nitrogens with zero attached hydrogens (tertiary/aromatic N) is 2. The molecule has 0 spiro atoms. The third-order valence-corrected chi connectivity index (χ3v) is 4.43. The molecule has 0 saturated heterocycles. The van der Waals surface area contributed by atoms with Crippen molar-refractivity contribution in [2.75, 3.05) is 7.11 Å². The SMILES string of the molecule is COc1ccc(C(=O)NC2CCC(Oc3ncc(Cl)cn3)CC2)cc1. The normalized spacial score (nSPS) is 19.9. The standard InChI is InChI=1S/C18H20ClN3O3/c1-24-15-6-2-12(3-7-15)17(23)22-14-4-8-16(9-5-14)25-18-20-10-13(19)11-21-18/h2-3,6-7,10-11,14,16H,4-5,8-9H2,1H3,(H,22,23). The summed E-state index contributed by atoms with van der Waals surface area (Å²) in [5, 5.41) is 3.56. The number of benzene rings is 1. The van der Waals surface area contributed by atoms with Gasteiger partial charge in [0.2, 0.25) is 0 Å². The molecule has 3 rings (SSSR count). The molecular weight excluding hydrogens is 342 g/mol. The molecule has 1 aliphatic rings. The number of carbonyl (C=O) groups is 1. The van der Waals surface area contributed by atoms with E-state index in [0.717, 1.165) is 31.4 Å². The van der Waals surface area contributed by atoms with Crippen LogP contribution in [0.4, 0.5) is 0 Å². The lowest BCUT2D eigenvalue weighted by atomic mass is 9.92. The molecule has 1 aliphatic carbocycles. The van der Waals surface area contributed by atoms with Gasteiger partial charge in [0.05, 0.1) is 24.5 Å². The summed E-state index contributed by atoms with van der Waals surface area (Å²) >= 11 is 5.76. The molecule has 1 saturated carbocycles. The van der Waals surface area contributed by atoms with Crippen molar-refractivity contribution < 1.29 is 14.3 Å². The number of hydrogen-bond donors (Lipinski definition) is 1. The molecule has 132 valence electrons. The van der Waals surface area contributed by atoms with Gasteiger partial charge in [-0.15, -0.1) is 0 Å². The summed E-state index contributed by atoms with van der Waals surface area (Å²) in [6.07, 6.45) is 6.52. The van der Waals surface area contributed by atoms with Crippen LogP contribution in [0.15, 0.2) is 36.7 Å². The van der Waals surface area contributed by atoms with Crippen LogP contribution in [0.5, 0.6) is 11.8 Å². The zero-order valence-electron chi connectivity index (χ0n) is 13.9. The van der Waals surface area contributed by atoms with Crippen LogP contribution < -0.4 is 14.8 Å². The van der Waals surface area contributed by atoms with E-state index in [1.54, 1.807) is 31.4 Å². The lowest BCUT2D eigenvalue weighted by Gasteiger charge is -2.28. The van der Waals surface area contributed by atoms with Crippen LogP contribution >= 0.6 is 11.6 Å². The summed E-state index contributed by atoms with van der Waals surface area (Å²) in [5.74, 6) is 0.673. The Morgan fingerprint density at radius 3 is 2.36 bits per heavy atom. The van der Waals surface area contributed by atoms with E-state index >= 15 is 0 Å². The Bertz CT molecular complexity index is 699. The highest BCUT2D eigenvalue weighted by molar-refractivity contribution is 6.30. The van der Waals surface area contributed by atoms with E-state index in [-0.39, 0.29) is 18.1 Å². The number of aromatic nitrogens is 2. The van der Waals surface area contributed by atoms with Gasteiger partial charge in [0.1, 0.15) is 11.9 Å². The fourth-order valence-electron chi connectivity index (χ4n) is 2.85. The smallest absolute Gasteiger partial charge is 0.316 e. The second-order valence-electron chi connectivity index (χ2n) is 5.98. The minimum Gasteiger partial charge on any atom is -0.497 e. The van der Waals surface area contributed by atoms with Gasteiger partial charge in [-0.05, 0) is 49.9 Å². The quantitative estimate of drug-likeness (QED) is 0.884. The van der Waals surface area contributed by atoms with Gasteiger partial charge in [0.25, 0.3) is 5.91 Å². The summed E-state index contributed by atoms with van der Waals surface area (Å²) < 4.78 is 10.9. The average Bonchev–Trinajstić information content (AvgIpc) is 2.65. The number of rotatable bonds is 5. The van der Waals surface area contributed by atoms with Crippen LogP contribution in [0.1, 0.15) is 36.0 Å². The summed E-state index contributed by atoms with van der Waals surface area (Å²) in [5.41, 5.74) is 0.633. The molecule has 0 bridgehead atoms. The number of nitrogens with one attached hydrogen (secondary N) is 1. The topological polar surface area (TPSA) is 73.3 Å². The maximum atomic E-state index is 12.3. The minimum absolute atomic E-state index is 0.0620. The molecule has 0 atom stereocenters. The number of amides is 1. The van der Waals surface area contributed by atoms with Gasteiger partial charge < -0.3 is 14.8 Å². The van der Waals surface area contributed by atoms with Crippen molar-refractivity contribution in [2.45, 2.75) is 37.8 Å². The predicted octanol–water partition coefficient (Wildman–Crippen LogP) is 3.26. The molecule has 0 aliphatic heterocycles. The van der Waals surface area contributed by atoms with E-state index < -0.39 is 0 Å². The highest BCUT2D eigenvalue weighted by Gasteiger charge is 2.24. The first-order valence-corrected chi connectivity index (χ1v) is 8.61. The monoisotopic (exact) mass is 361 g/mol. The van der Waals surface area contributed by atoms with Crippen LogP contribution in [0.3, 0.4) is 0 Å². The van der Waals surface area contributed by atoms with Crippen molar-refractivity contribution >= 4 is 17.5 Å². The van der Waals surface area contributed by atoms with Gasteiger partial charge in [-0.1, -0.05) is 11.6 Å². The van der Waals surface area contributed by atoms with E-state index in [9.17, 15) is 4.79 Å². The van der Waals surface area contributed by atoms with Crippen molar-refractivity contribution in [2.24, 2.45) is 0 Å². The second-order valence-corrected chi connectivity index (χ2v) is 6.41. The summed E-state index contributed by atoms with van der Waals surface area (Å²) in [4.78, 5) is 20.4. The summed E-state index contributed by atoms with van der Waals surface area (Å²) in [6, 6.07) is 7.59. The van der Waals surface area contributed by atoms with Crippen LogP contribution in [0.25, 0.3) is 0 Å². The average molecular weight is 362 g/mol. The highest BCUT2D eigenvalue weighted by Crippen LogP contribution is 2.23. The van der Waals surface area contributed by atoms with Gasteiger partial charge in [-0.2, -0.15) is 0 Å². The molecule has 1 N–H and O–H groups in total. The van der Waals surface area contributed by atoms with Crippen molar-refractivity contribution in [1.29, 1.82) is 0 Å². The zero-order chi connectivity index (χ0) is 17.6. The van der Waals surface area contributed by atoms with E-state index in [1.165, 1.54) is 12.4 Å². The molecule has 7 heteroatoms. The van der Waals surface area contributed by atoms with Crippen molar-refractivity contribution in [3.05, 3.63) is 47.2 Å². The van der Waals surface area contributed by atoms with Gasteiger partial charge >= 0.3 is 6.01 Å². The minimum atomic E-state index is -0.0620. The zero-order valence-corrected chi connectivity index (χ0v) is 14.7. The van der Waals surface area contributed by atoms with Gasteiger partial charge in [0, 0.05) is 11.6 Å². The number of carbonyl (C=O) groups excluding carboxylic acids is 1. The predicted molar refractivity (Wildman–Crippen MR) is 94.2 cm³/mol. The Hall–Kier alpha value is -2.34. The van der Waals surface area contributed by atoms with E-state index in [4.69, 9.17) is 21.1 Å². The van der Waals surface area contributed by atoms with Crippen LogP contribution in [0.2, 0.25) is 5.02 Å². The van der Waals surface area contributed by atoms with Crippen molar-refractivity contribution in [1.82, 2.24) is 15.3 Å². The highest BCUT2D eigenvalue weighted by atomic mass is 35.5. The molecule has 2 aromatic rings. The molecule has 6 nitrogen and oxygen atoms in total. The lowest BCUT2D eigenvalue weighted by molar-refractivity contribution is 0.0885. The van der Waals surface area contributed by atoms with E-state index in [1.807, 2.05) is 0 Å². The fourth-order valence-corrected chi connectivity index (χ4v) is 2.94. The van der Waals surface area contributed by atoms with E-state index in [2.05, 4.69) is 15.3 Å². The summed E-state index contributed by atoms with van der Waals surface area (Å²) in [7, 11) is 1.60. The fraction of sp³-hybridized carbons (Fsp3) is 0.389. The molecule has 1 amide bonds. The first-order valence-electron chi connectivity index (χ1n) is 8.23. The summed E-state index contributed by atoms with van der Waals surface area (Å²) in [6.45, 7) is 0. The molecule has 25 heavy (non-hydrogen) atoms. The molecule has 1 heterocycles. The maximum absolute atomic E-state index is 12.3. The number of halogens is 1. The van der Waals surface area contributed by atoms with Gasteiger partial charge in [0.15, 0.2) is 0 Å². The third kappa shape index (κ3) is 4.82. The van der Waals surface area contributed by atoms with Gasteiger partial charge in [-0.3, -0.25) is 4.79 Å². The number of ether oxygens (including phenoxy) is 2. The molecule has 0 unspecified atom stereocenters. The van der Waals surface area contributed by atoms with E-state index in [0.29, 0.717) is 16.6 Å². The number of methoxy groups -OCH3 is 1. The first-order chi connectivity index (χ1) is 12.1. The molecular formula is C18H20ClN3O3. The van der Waals surface area contributed by atoms with Crippen LogP contribution in [-0.2, 0) is 0 Å². The molecule has 1 fully saturated rings. The Morgan fingerprint density at radius 1 is 1.12 bits per heavy atom. The Balaban J connectivity index is 1.46. The molecule has 1 aromatic carbocycles. The van der Waals surface area contributed by atoms with Crippen molar-refractivity contribution in [3.63, 3.8) is 0 Å². The van der Waals surface area contributed by atoms with Crippen molar-refractivity contribution in [3.8, 4) is 11.8 Å². The Morgan fingerprint density at radius 2 is 1.76 bits per heavy atom. The van der Waals surface area contributed by atoms with Crippen LogP contribution in [-0.4, -0.2) is 35.1 Å². The Labute approximate surface area is 151 Å². The first kappa shape index (κ1) is 17.5. The molecule has 0 radical (unpaired) electrons. The largest absolute Gasteiger partial charge is 0.497 e. The third-order valence-electron chi connectivity index (χ3n) is 4.23. The maximum Gasteiger partial charge on any atom is 0.316 e. The molecule has 1 aromatic heterocycles. The van der Waals surface area contributed by atoms with Crippen LogP contribution in [0, 0.1) is 0 Å². The second kappa shape index (κ2) is 8.16. The van der Waals surface area contributed by atoms with Gasteiger partial charge in [-0.25, -0.2) is 9.97 Å². The Kier molecular flexibility index (Phi) is 5.71.